The third kappa shape index (κ3) is 2.40. The van der Waals surface area contributed by atoms with Gasteiger partial charge in [0.05, 0.1) is 0 Å². The average molecular weight is 140 g/mol. The summed E-state index contributed by atoms with van der Waals surface area (Å²) >= 11 is 0. The van der Waals surface area contributed by atoms with Crippen molar-refractivity contribution in [3.63, 3.8) is 0 Å². The molecule has 1 saturated heterocycles. The van der Waals surface area contributed by atoms with Gasteiger partial charge in [-0.25, -0.2) is 0 Å². The van der Waals surface area contributed by atoms with Crippen LogP contribution in [0.3, 0.4) is 0 Å². The van der Waals surface area contributed by atoms with E-state index in [1.807, 2.05) is 6.92 Å². The molecule has 1 unspecified atom stereocenters. The van der Waals surface area contributed by atoms with E-state index in [0.29, 0.717) is 6.04 Å². The highest BCUT2D eigenvalue weighted by Gasteiger charge is 2.12. The Kier molecular flexibility index (Phi) is 2.75. The predicted octanol–water partition coefficient (Wildman–Crippen LogP) is 0.862. The van der Waals surface area contributed by atoms with E-state index in [4.69, 9.17) is 0 Å². The molecule has 2 nitrogen and oxygen atoms in total. The van der Waals surface area contributed by atoms with E-state index < -0.39 is 0 Å². The molecule has 0 aromatic heterocycles. The van der Waals surface area contributed by atoms with Crippen LogP contribution < -0.4 is 10.6 Å². The van der Waals surface area contributed by atoms with Crippen molar-refractivity contribution in [2.24, 2.45) is 0 Å². The Bertz CT molecular complexity index is 114. The van der Waals surface area contributed by atoms with Gasteiger partial charge in [-0.2, -0.15) is 0 Å². The van der Waals surface area contributed by atoms with Gasteiger partial charge in [0.25, 0.3) is 0 Å². The smallest absolute Gasteiger partial charge is 0.0297 e. The fourth-order valence-electron chi connectivity index (χ4n) is 1.23. The normalized spacial score (nSPS) is 24.7. The quantitative estimate of drug-likeness (QED) is 0.607. The zero-order valence-corrected chi connectivity index (χ0v) is 6.61. The summed E-state index contributed by atoms with van der Waals surface area (Å²) in [4.78, 5) is 0. The fourth-order valence-corrected chi connectivity index (χ4v) is 1.23. The van der Waals surface area contributed by atoms with Gasteiger partial charge in [0.1, 0.15) is 0 Å². The van der Waals surface area contributed by atoms with Crippen molar-refractivity contribution < 1.29 is 0 Å². The van der Waals surface area contributed by atoms with Crippen molar-refractivity contribution in [3.05, 3.63) is 12.3 Å². The topological polar surface area (TPSA) is 24.1 Å². The lowest BCUT2D eigenvalue weighted by Gasteiger charge is -2.11. The van der Waals surface area contributed by atoms with Crippen LogP contribution in [-0.2, 0) is 0 Å². The summed E-state index contributed by atoms with van der Waals surface area (Å²) in [5.74, 6) is 0. The Morgan fingerprint density at radius 2 is 2.60 bits per heavy atom. The van der Waals surface area contributed by atoms with Gasteiger partial charge in [0.2, 0.25) is 0 Å². The number of hydrogen-bond donors (Lipinski definition) is 2. The molecule has 1 aliphatic rings. The molecule has 10 heavy (non-hydrogen) atoms. The van der Waals surface area contributed by atoms with Gasteiger partial charge in [-0.05, 0) is 26.3 Å². The molecule has 2 N–H and O–H groups in total. The Labute approximate surface area is 62.7 Å². The lowest BCUT2D eigenvalue weighted by Crippen LogP contribution is -2.32. The summed E-state index contributed by atoms with van der Waals surface area (Å²) in [6.45, 7) is 7.99. The molecule has 58 valence electrons. The molecule has 1 aliphatic heterocycles. The maximum atomic E-state index is 3.78. The number of hydrogen-bond acceptors (Lipinski definition) is 2. The van der Waals surface area contributed by atoms with Crippen molar-refractivity contribution in [1.82, 2.24) is 10.6 Å². The lowest BCUT2D eigenvalue weighted by atomic mass is 10.2. The van der Waals surface area contributed by atoms with E-state index in [0.717, 1.165) is 12.2 Å². The van der Waals surface area contributed by atoms with Gasteiger partial charge in [-0.3, -0.25) is 0 Å². The molecule has 0 radical (unpaired) electrons. The molecule has 0 saturated carbocycles. The first-order valence-electron chi connectivity index (χ1n) is 3.92. The van der Waals surface area contributed by atoms with Gasteiger partial charge in [-0.1, -0.05) is 6.58 Å². The standard InChI is InChI=1S/C8H16N2/c1-7(2)10-6-8-4-3-5-9-8/h8-10H,1,3-6H2,2H3. The number of rotatable bonds is 3. The molecule has 0 aromatic rings. The molecule has 1 heterocycles. The minimum Gasteiger partial charge on any atom is -0.387 e. The Balaban J connectivity index is 2.07. The molecule has 1 rings (SSSR count). The van der Waals surface area contributed by atoms with Gasteiger partial charge in [0.15, 0.2) is 0 Å². The third-order valence-electron chi connectivity index (χ3n) is 1.81. The Morgan fingerprint density at radius 1 is 1.80 bits per heavy atom. The maximum Gasteiger partial charge on any atom is 0.0297 e. The molecular formula is C8H16N2. The van der Waals surface area contributed by atoms with Crippen molar-refractivity contribution in [1.29, 1.82) is 0 Å². The van der Waals surface area contributed by atoms with Gasteiger partial charge >= 0.3 is 0 Å². The molecular weight excluding hydrogens is 124 g/mol. The largest absolute Gasteiger partial charge is 0.387 e. The molecule has 0 aromatic carbocycles. The molecule has 0 aliphatic carbocycles. The zero-order valence-electron chi connectivity index (χ0n) is 6.61. The van der Waals surface area contributed by atoms with E-state index in [2.05, 4.69) is 17.2 Å². The van der Waals surface area contributed by atoms with E-state index in [1.165, 1.54) is 19.4 Å². The van der Waals surface area contributed by atoms with Crippen LogP contribution in [-0.4, -0.2) is 19.1 Å². The van der Waals surface area contributed by atoms with Crippen molar-refractivity contribution in [3.8, 4) is 0 Å². The molecule has 0 bridgehead atoms. The highest BCUT2D eigenvalue weighted by molar-refractivity contribution is 4.87. The predicted molar refractivity (Wildman–Crippen MR) is 43.8 cm³/mol. The van der Waals surface area contributed by atoms with Gasteiger partial charge in [0, 0.05) is 18.3 Å². The highest BCUT2D eigenvalue weighted by Crippen LogP contribution is 2.03. The second kappa shape index (κ2) is 3.62. The first kappa shape index (κ1) is 7.61. The first-order valence-corrected chi connectivity index (χ1v) is 3.92. The minimum absolute atomic E-state index is 0.677. The molecule has 2 heteroatoms. The van der Waals surface area contributed by atoms with Crippen LogP contribution in [0.4, 0.5) is 0 Å². The Hall–Kier alpha value is -0.500. The zero-order chi connectivity index (χ0) is 7.40. The summed E-state index contributed by atoms with van der Waals surface area (Å²) in [5, 5.41) is 6.64. The van der Waals surface area contributed by atoms with Gasteiger partial charge < -0.3 is 10.6 Å². The van der Waals surface area contributed by atoms with Crippen LogP contribution in [0.5, 0.6) is 0 Å². The fraction of sp³-hybridized carbons (Fsp3) is 0.750. The van der Waals surface area contributed by atoms with Crippen molar-refractivity contribution >= 4 is 0 Å². The molecule has 1 atom stereocenters. The molecule has 1 fully saturated rings. The van der Waals surface area contributed by atoms with Crippen molar-refractivity contribution in [2.75, 3.05) is 13.1 Å². The third-order valence-corrected chi connectivity index (χ3v) is 1.81. The maximum absolute atomic E-state index is 3.78. The van der Waals surface area contributed by atoms with Crippen LogP contribution in [0.25, 0.3) is 0 Å². The number of nitrogens with one attached hydrogen (secondary N) is 2. The highest BCUT2D eigenvalue weighted by atomic mass is 15.0. The number of allylic oxidation sites excluding steroid dienone is 1. The second-order valence-corrected chi connectivity index (χ2v) is 2.95. The molecule has 0 spiro atoms. The monoisotopic (exact) mass is 140 g/mol. The molecule has 0 amide bonds. The van der Waals surface area contributed by atoms with Crippen LogP contribution in [0.15, 0.2) is 12.3 Å². The summed E-state index contributed by atoms with van der Waals surface area (Å²) in [5.41, 5.74) is 1.06. The van der Waals surface area contributed by atoms with Crippen molar-refractivity contribution in [2.45, 2.75) is 25.8 Å². The summed E-state index contributed by atoms with van der Waals surface area (Å²) in [7, 11) is 0. The average Bonchev–Trinajstić information content (AvgIpc) is 2.34. The first-order chi connectivity index (χ1) is 4.79. The Morgan fingerprint density at radius 3 is 3.10 bits per heavy atom. The second-order valence-electron chi connectivity index (χ2n) is 2.95. The van der Waals surface area contributed by atoms with Crippen LogP contribution in [0.1, 0.15) is 19.8 Å². The van der Waals surface area contributed by atoms with Crippen LogP contribution in [0.2, 0.25) is 0 Å². The van der Waals surface area contributed by atoms with E-state index >= 15 is 0 Å². The summed E-state index contributed by atoms with van der Waals surface area (Å²) in [6, 6.07) is 0.677. The lowest BCUT2D eigenvalue weighted by molar-refractivity contribution is 0.570. The summed E-state index contributed by atoms with van der Waals surface area (Å²) in [6.07, 6.45) is 2.63. The van der Waals surface area contributed by atoms with Crippen LogP contribution >= 0.6 is 0 Å². The van der Waals surface area contributed by atoms with E-state index in [1.54, 1.807) is 0 Å². The van der Waals surface area contributed by atoms with Gasteiger partial charge in [-0.15, -0.1) is 0 Å². The van der Waals surface area contributed by atoms with E-state index in [-0.39, 0.29) is 0 Å². The van der Waals surface area contributed by atoms with E-state index in [9.17, 15) is 0 Å². The van der Waals surface area contributed by atoms with Crippen LogP contribution in [0, 0.1) is 0 Å². The minimum atomic E-state index is 0.677. The summed E-state index contributed by atoms with van der Waals surface area (Å²) < 4.78 is 0. The SMILES string of the molecule is C=C(C)NCC1CCCN1.